The molecule has 3 aromatic heterocycles. The van der Waals surface area contributed by atoms with E-state index in [0.29, 0.717) is 17.2 Å². The Morgan fingerprint density at radius 2 is 1.81 bits per heavy atom. The van der Waals surface area contributed by atoms with Gasteiger partial charge in [-0.2, -0.15) is 0 Å². The Hall–Kier alpha value is -3.98. The third-order valence-corrected chi connectivity index (χ3v) is 5.10. The molecule has 0 spiro atoms. The van der Waals surface area contributed by atoms with Crippen molar-refractivity contribution in [2.75, 3.05) is 16.9 Å². The van der Waals surface area contributed by atoms with Gasteiger partial charge in [-0.25, -0.2) is 9.97 Å². The smallest absolute Gasteiger partial charge is 0.274 e. The number of imidazole rings is 1. The van der Waals surface area contributed by atoms with Gasteiger partial charge in [-0.1, -0.05) is 30.0 Å². The molecular weight excluding hydrogens is 424 g/mol. The third-order valence-electron chi connectivity index (χ3n) is 4.52. The lowest BCUT2D eigenvalue weighted by Crippen LogP contribution is -2.13. The molecule has 2 amide bonds. The molecule has 3 N–H and O–H groups in total. The summed E-state index contributed by atoms with van der Waals surface area (Å²) in [6.45, 7) is 1.44. The fraction of sp³-hybridized carbons (Fsp3) is 0.0870. The molecule has 32 heavy (non-hydrogen) atoms. The molecule has 1 aromatic carbocycles. The lowest BCUT2D eigenvalue weighted by atomic mass is 10.1. The fourth-order valence-electron chi connectivity index (χ4n) is 3.14. The van der Waals surface area contributed by atoms with Crippen molar-refractivity contribution in [3.05, 3.63) is 72.7 Å². The van der Waals surface area contributed by atoms with Crippen molar-refractivity contribution in [2.24, 2.45) is 0 Å². The number of hydrogen-bond acceptors (Lipinski definition) is 6. The van der Waals surface area contributed by atoms with E-state index >= 15 is 0 Å². The summed E-state index contributed by atoms with van der Waals surface area (Å²) in [6.07, 6.45) is 5.15. The maximum absolute atomic E-state index is 12.5. The van der Waals surface area contributed by atoms with Gasteiger partial charge in [0.15, 0.2) is 5.16 Å². The van der Waals surface area contributed by atoms with Gasteiger partial charge in [0.25, 0.3) is 5.91 Å². The molecular formula is C23H20N6O2S. The van der Waals surface area contributed by atoms with Crippen LogP contribution >= 0.6 is 11.8 Å². The molecule has 0 fully saturated rings. The highest BCUT2D eigenvalue weighted by molar-refractivity contribution is 7.98. The standard InChI is InChI=1S/C23H20N6O2S/c1-14(30)26-19-13-16(9-11-25-19)21-20(28-23(29-21)32-2)15-6-5-7-17(12-15)27-22(31)18-8-3-4-10-24-18/h3-13H,1-2H3,(H,27,31)(H,28,29)(H,25,26,30). The molecule has 4 aromatic rings. The molecule has 0 bridgehead atoms. The van der Waals surface area contributed by atoms with Crippen LogP contribution in [0.15, 0.2) is 72.1 Å². The van der Waals surface area contributed by atoms with E-state index in [9.17, 15) is 9.59 Å². The number of nitrogens with one attached hydrogen (secondary N) is 3. The molecule has 0 aliphatic heterocycles. The van der Waals surface area contributed by atoms with Gasteiger partial charge in [-0.15, -0.1) is 0 Å². The predicted octanol–water partition coefficient (Wildman–Crippen LogP) is 4.47. The van der Waals surface area contributed by atoms with Crippen LogP contribution in [-0.4, -0.2) is 38.0 Å². The number of anilines is 2. The van der Waals surface area contributed by atoms with Crippen molar-refractivity contribution in [3.8, 4) is 22.5 Å². The Balaban J connectivity index is 1.69. The average Bonchev–Trinajstić information content (AvgIpc) is 3.24. The maximum Gasteiger partial charge on any atom is 0.274 e. The first-order valence-electron chi connectivity index (χ1n) is 9.74. The molecule has 0 radical (unpaired) electrons. The Kier molecular flexibility index (Phi) is 6.27. The normalized spacial score (nSPS) is 10.6. The number of amides is 2. The number of nitrogens with zero attached hydrogens (tertiary/aromatic N) is 3. The second-order valence-electron chi connectivity index (χ2n) is 6.83. The van der Waals surface area contributed by atoms with Gasteiger partial charge in [-0.05, 0) is 42.7 Å². The number of carbonyl (C=O) groups is 2. The van der Waals surface area contributed by atoms with Crippen LogP contribution in [0.25, 0.3) is 22.5 Å². The first-order chi connectivity index (χ1) is 15.5. The van der Waals surface area contributed by atoms with Crippen LogP contribution < -0.4 is 10.6 Å². The minimum Gasteiger partial charge on any atom is -0.332 e. The molecule has 4 rings (SSSR count). The Morgan fingerprint density at radius 3 is 2.56 bits per heavy atom. The molecule has 0 atom stereocenters. The summed E-state index contributed by atoms with van der Waals surface area (Å²) in [5.41, 5.74) is 4.14. The van der Waals surface area contributed by atoms with Crippen LogP contribution in [0.4, 0.5) is 11.5 Å². The van der Waals surface area contributed by atoms with Crippen molar-refractivity contribution in [3.63, 3.8) is 0 Å². The van der Waals surface area contributed by atoms with Crippen molar-refractivity contribution in [1.82, 2.24) is 19.9 Å². The van der Waals surface area contributed by atoms with Crippen LogP contribution in [0.2, 0.25) is 0 Å². The zero-order valence-electron chi connectivity index (χ0n) is 17.4. The molecule has 0 aliphatic carbocycles. The van der Waals surface area contributed by atoms with E-state index in [1.165, 1.54) is 18.7 Å². The first-order valence-corrected chi connectivity index (χ1v) is 11.0. The zero-order valence-corrected chi connectivity index (χ0v) is 18.2. The maximum atomic E-state index is 12.5. The highest BCUT2D eigenvalue weighted by Gasteiger charge is 2.16. The van der Waals surface area contributed by atoms with E-state index < -0.39 is 0 Å². The first kappa shape index (κ1) is 21.3. The van der Waals surface area contributed by atoms with E-state index in [1.54, 1.807) is 36.7 Å². The Morgan fingerprint density at radius 1 is 0.938 bits per heavy atom. The van der Waals surface area contributed by atoms with E-state index in [0.717, 1.165) is 27.7 Å². The van der Waals surface area contributed by atoms with E-state index in [4.69, 9.17) is 4.98 Å². The molecule has 0 saturated heterocycles. The molecule has 0 aliphatic rings. The highest BCUT2D eigenvalue weighted by atomic mass is 32.2. The van der Waals surface area contributed by atoms with E-state index in [2.05, 4.69) is 25.6 Å². The summed E-state index contributed by atoms with van der Waals surface area (Å²) in [5.74, 6) is -0.0258. The number of aromatic amines is 1. The summed E-state index contributed by atoms with van der Waals surface area (Å²) in [4.78, 5) is 40.2. The number of thioether (sulfide) groups is 1. The van der Waals surface area contributed by atoms with Gasteiger partial charge in [0.2, 0.25) is 5.91 Å². The summed E-state index contributed by atoms with van der Waals surface area (Å²) < 4.78 is 0. The quantitative estimate of drug-likeness (QED) is 0.378. The molecule has 0 saturated carbocycles. The van der Waals surface area contributed by atoms with Crippen molar-refractivity contribution >= 4 is 35.1 Å². The van der Waals surface area contributed by atoms with Crippen molar-refractivity contribution in [1.29, 1.82) is 0 Å². The summed E-state index contributed by atoms with van der Waals surface area (Å²) in [5, 5.41) is 6.32. The predicted molar refractivity (Wildman–Crippen MR) is 126 cm³/mol. The molecule has 9 heteroatoms. The van der Waals surface area contributed by atoms with Crippen LogP contribution in [0.3, 0.4) is 0 Å². The second kappa shape index (κ2) is 9.44. The van der Waals surface area contributed by atoms with Gasteiger partial charge >= 0.3 is 0 Å². The molecule has 8 nitrogen and oxygen atoms in total. The SMILES string of the molecule is CSc1nc(-c2cccc(NC(=O)c3ccccn3)c2)c(-c2ccnc(NC(C)=O)c2)[nH]1. The van der Waals surface area contributed by atoms with Crippen LogP contribution in [0.5, 0.6) is 0 Å². The summed E-state index contributed by atoms with van der Waals surface area (Å²) in [6, 6.07) is 16.3. The minimum atomic E-state index is -0.288. The molecule has 160 valence electrons. The number of aromatic nitrogens is 4. The minimum absolute atomic E-state index is 0.194. The monoisotopic (exact) mass is 444 g/mol. The van der Waals surface area contributed by atoms with Crippen LogP contribution in [-0.2, 0) is 4.79 Å². The largest absolute Gasteiger partial charge is 0.332 e. The third kappa shape index (κ3) is 4.84. The lowest BCUT2D eigenvalue weighted by molar-refractivity contribution is -0.114. The number of carbonyl (C=O) groups excluding carboxylic acids is 2. The molecule has 0 unspecified atom stereocenters. The Bertz CT molecular complexity index is 1270. The van der Waals surface area contributed by atoms with Gasteiger partial charge in [0.1, 0.15) is 11.5 Å². The number of rotatable bonds is 6. The van der Waals surface area contributed by atoms with Gasteiger partial charge < -0.3 is 15.6 Å². The topological polar surface area (TPSA) is 113 Å². The Labute approximate surface area is 188 Å². The van der Waals surface area contributed by atoms with Gasteiger partial charge in [-0.3, -0.25) is 14.6 Å². The van der Waals surface area contributed by atoms with Gasteiger partial charge in [0.05, 0.1) is 11.4 Å². The zero-order chi connectivity index (χ0) is 22.5. The number of pyridine rings is 2. The number of hydrogen-bond donors (Lipinski definition) is 3. The van der Waals surface area contributed by atoms with Crippen LogP contribution in [0.1, 0.15) is 17.4 Å². The van der Waals surface area contributed by atoms with E-state index in [-0.39, 0.29) is 11.8 Å². The lowest BCUT2D eigenvalue weighted by Gasteiger charge is -2.08. The van der Waals surface area contributed by atoms with Crippen molar-refractivity contribution in [2.45, 2.75) is 12.1 Å². The number of benzene rings is 1. The summed E-state index contributed by atoms with van der Waals surface area (Å²) >= 11 is 1.49. The fourth-order valence-corrected chi connectivity index (χ4v) is 3.52. The summed E-state index contributed by atoms with van der Waals surface area (Å²) in [7, 11) is 0. The second-order valence-corrected chi connectivity index (χ2v) is 7.63. The van der Waals surface area contributed by atoms with Gasteiger partial charge in [0, 0.05) is 36.1 Å². The molecule has 3 heterocycles. The average molecular weight is 445 g/mol. The van der Waals surface area contributed by atoms with Crippen LogP contribution in [0, 0.1) is 0 Å². The van der Waals surface area contributed by atoms with Crippen molar-refractivity contribution < 1.29 is 9.59 Å². The number of H-pyrrole nitrogens is 1. The van der Waals surface area contributed by atoms with E-state index in [1.807, 2.05) is 36.6 Å². The highest BCUT2D eigenvalue weighted by Crippen LogP contribution is 2.34.